The summed E-state index contributed by atoms with van der Waals surface area (Å²) in [5.41, 5.74) is 2.09. The number of para-hydroxylation sites is 2. The molecule has 1 aliphatic heterocycles. The Morgan fingerprint density at radius 1 is 1.15 bits per heavy atom. The Balaban J connectivity index is 1.44. The van der Waals surface area contributed by atoms with Gasteiger partial charge in [-0.15, -0.1) is 0 Å². The number of likely N-dealkylation sites (tertiary alicyclic amines) is 1. The van der Waals surface area contributed by atoms with Crippen molar-refractivity contribution in [2.45, 2.75) is 44.7 Å². The number of amides is 2. The predicted molar refractivity (Wildman–Crippen MR) is 105 cm³/mol. The number of carbonyl (C=O) groups is 2. The van der Waals surface area contributed by atoms with Crippen molar-refractivity contribution in [1.82, 2.24) is 25.1 Å². The molecule has 1 aromatic carbocycles. The van der Waals surface area contributed by atoms with Crippen LogP contribution in [0.5, 0.6) is 0 Å². The van der Waals surface area contributed by atoms with Crippen molar-refractivity contribution < 1.29 is 9.59 Å². The number of nitrogens with zero attached hydrogens (tertiary/aromatic N) is 3. The molecule has 7 nitrogen and oxygen atoms in total. The standard InChI is InChI=1S/C20H29N5O2/c1-14(26)22-13-16-9-8-15(24(16)2)12-20(27)21-11-10-19-23-17-6-4-5-7-18(17)25(19)3/h4-7,15-16H,8-13H2,1-3H3,(H,21,27)(H,22,26)/t15-,16+/m0/s1. The molecule has 3 rings (SSSR count). The Kier molecular flexibility index (Phi) is 6.11. The molecule has 1 aromatic heterocycles. The van der Waals surface area contributed by atoms with Gasteiger partial charge in [0, 0.05) is 52.0 Å². The molecule has 0 saturated carbocycles. The first-order chi connectivity index (χ1) is 13.0. The van der Waals surface area contributed by atoms with Gasteiger partial charge in [0.25, 0.3) is 0 Å². The summed E-state index contributed by atoms with van der Waals surface area (Å²) in [5.74, 6) is 1.04. The maximum atomic E-state index is 12.3. The minimum Gasteiger partial charge on any atom is -0.356 e. The molecule has 0 spiro atoms. The fraction of sp³-hybridized carbons (Fsp3) is 0.550. The molecule has 2 atom stereocenters. The molecule has 2 N–H and O–H groups in total. The SMILES string of the molecule is CC(=O)NC[C@H]1CC[C@@H](CC(=O)NCCc2nc3ccccc3n2C)N1C. The Bertz CT molecular complexity index is 816. The van der Waals surface area contributed by atoms with Crippen molar-refractivity contribution in [2.24, 2.45) is 7.05 Å². The third-order valence-corrected chi connectivity index (χ3v) is 5.54. The highest BCUT2D eigenvalue weighted by atomic mass is 16.2. The maximum absolute atomic E-state index is 12.3. The van der Waals surface area contributed by atoms with Gasteiger partial charge in [0.1, 0.15) is 5.82 Å². The number of benzene rings is 1. The van der Waals surface area contributed by atoms with E-state index in [1.165, 1.54) is 6.92 Å². The van der Waals surface area contributed by atoms with Gasteiger partial charge in [0.05, 0.1) is 11.0 Å². The van der Waals surface area contributed by atoms with E-state index in [-0.39, 0.29) is 17.9 Å². The minimum atomic E-state index is -0.00783. The van der Waals surface area contributed by atoms with Crippen LogP contribution in [0.1, 0.15) is 32.0 Å². The zero-order valence-corrected chi connectivity index (χ0v) is 16.4. The van der Waals surface area contributed by atoms with Gasteiger partial charge in [-0.3, -0.25) is 14.5 Å². The zero-order valence-electron chi connectivity index (χ0n) is 16.4. The Labute approximate surface area is 160 Å². The summed E-state index contributed by atoms with van der Waals surface area (Å²) in [5, 5.41) is 5.90. The molecule has 1 fully saturated rings. The molecule has 146 valence electrons. The lowest BCUT2D eigenvalue weighted by molar-refractivity contribution is -0.122. The molecule has 0 aliphatic carbocycles. The van der Waals surface area contributed by atoms with Gasteiger partial charge in [0.15, 0.2) is 0 Å². The number of aryl methyl sites for hydroxylation is 1. The summed E-state index contributed by atoms with van der Waals surface area (Å²) < 4.78 is 2.08. The van der Waals surface area contributed by atoms with Gasteiger partial charge in [0.2, 0.25) is 11.8 Å². The van der Waals surface area contributed by atoms with Gasteiger partial charge in [-0.1, -0.05) is 12.1 Å². The van der Waals surface area contributed by atoms with Crippen LogP contribution in [0.25, 0.3) is 11.0 Å². The Hall–Kier alpha value is -2.41. The Morgan fingerprint density at radius 2 is 1.89 bits per heavy atom. The molecule has 1 saturated heterocycles. The molecular formula is C20H29N5O2. The molecule has 2 heterocycles. The predicted octanol–water partition coefficient (Wildman–Crippen LogP) is 1.22. The first-order valence-corrected chi connectivity index (χ1v) is 9.59. The van der Waals surface area contributed by atoms with Crippen LogP contribution in [0.4, 0.5) is 0 Å². The Morgan fingerprint density at radius 3 is 2.63 bits per heavy atom. The van der Waals surface area contributed by atoms with E-state index >= 15 is 0 Å². The molecule has 1 aliphatic rings. The average Bonchev–Trinajstić information content (AvgIpc) is 3.14. The summed E-state index contributed by atoms with van der Waals surface area (Å²) in [4.78, 5) is 30.3. The van der Waals surface area contributed by atoms with E-state index in [1.807, 2.05) is 32.3 Å². The summed E-state index contributed by atoms with van der Waals surface area (Å²) in [7, 11) is 4.05. The minimum absolute atomic E-state index is 0.00783. The van der Waals surface area contributed by atoms with Crippen LogP contribution in [0.2, 0.25) is 0 Å². The number of hydrogen-bond acceptors (Lipinski definition) is 4. The van der Waals surface area contributed by atoms with E-state index < -0.39 is 0 Å². The normalized spacial score (nSPS) is 20.1. The van der Waals surface area contributed by atoms with E-state index in [2.05, 4.69) is 31.2 Å². The first-order valence-electron chi connectivity index (χ1n) is 9.59. The fourth-order valence-electron chi connectivity index (χ4n) is 3.86. The average molecular weight is 371 g/mol. The monoisotopic (exact) mass is 371 g/mol. The third-order valence-electron chi connectivity index (χ3n) is 5.54. The summed E-state index contributed by atoms with van der Waals surface area (Å²) >= 11 is 0. The quantitative estimate of drug-likeness (QED) is 0.767. The molecule has 2 aromatic rings. The molecule has 7 heteroatoms. The van der Waals surface area contributed by atoms with Crippen LogP contribution >= 0.6 is 0 Å². The van der Waals surface area contributed by atoms with Crippen LogP contribution < -0.4 is 10.6 Å². The largest absolute Gasteiger partial charge is 0.356 e. The van der Waals surface area contributed by atoms with Crippen LogP contribution in [-0.4, -0.2) is 58.5 Å². The second kappa shape index (κ2) is 8.52. The van der Waals surface area contributed by atoms with Crippen molar-refractivity contribution >= 4 is 22.8 Å². The highest BCUT2D eigenvalue weighted by molar-refractivity contribution is 5.77. The molecule has 0 unspecified atom stereocenters. The lowest BCUT2D eigenvalue weighted by atomic mass is 10.1. The zero-order chi connectivity index (χ0) is 19.4. The molecule has 0 radical (unpaired) electrons. The van der Waals surface area contributed by atoms with Crippen LogP contribution in [-0.2, 0) is 23.1 Å². The smallest absolute Gasteiger partial charge is 0.221 e. The number of aromatic nitrogens is 2. The van der Waals surface area contributed by atoms with E-state index in [9.17, 15) is 9.59 Å². The summed E-state index contributed by atoms with van der Waals surface area (Å²) in [6.45, 7) is 2.77. The van der Waals surface area contributed by atoms with E-state index in [1.54, 1.807) is 0 Å². The van der Waals surface area contributed by atoms with Crippen LogP contribution in [0, 0.1) is 0 Å². The van der Waals surface area contributed by atoms with Crippen molar-refractivity contribution in [3.05, 3.63) is 30.1 Å². The van der Waals surface area contributed by atoms with Crippen LogP contribution in [0.15, 0.2) is 24.3 Å². The third kappa shape index (κ3) is 4.66. The second-order valence-corrected chi connectivity index (χ2v) is 7.37. The molecule has 2 amide bonds. The lowest BCUT2D eigenvalue weighted by Crippen LogP contribution is -2.42. The molecule has 27 heavy (non-hydrogen) atoms. The lowest BCUT2D eigenvalue weighted by Gasteiger charge is -2.25. The molecule has 0 bridgehead atoms. The number of hydrogen-bond donors (Lipinski definition) is 2. The highest BCUT2D eigenvalue weighted by Gasteiger charge is 2.31. The van der Waals surface area contributed by atoms with Gasteiger partial charge in [-0.2, -0.15) is 0 Å². The van der Waals surface area contributed by atoms with Gasteiger partial charge < -0.3 is 15.2 Å². The van der Waals surface area contributed by atoms with Gasteiger partial charge >= 0.3 is 0 Å². The van der Waals surface area contributed by atoms with Crippen molar-refractivity contribution in [2.75, 3.05) is 20.1 Å². The number of imidazole rings is 1. The van der Waals surface area contributed by atoms with Crippen LogP contribution in [0.3, 0.4) is 0 Å². The van der Waals surface area contributed by atoms with E-state index in [0.717, 1.165) is 29.7 Å². The fourth-order valence-corrected chi connectivity index (χ4v) is 3.86. The number of rotatable bonds is 7. The number of nitrogens with one attached hydrogen (secondary N) is 2. The van der Waals surface area contributed by atoms with Crippen molar-refractivity contribution in [1.29, 1.82) is 0 Å². The van der Waals surface area contributed by atoms with E-state index in [0.29, 0.717) is 32.0 Å². The van der Waals surface area contributed by atoms with Gasteiger partial charge in [-0.05, 0) is 32.0 Å². The summed E-state index contributed by atoms with van der Waals surface area (Å²) in [6, 6.07) is 8.60. The number of fused-ring (bicyclic) bond motifs is 1. The van der Waals surface area contributed by atoms with Crippen molar-refractivity contribution in [3.8, 4) is 0 Å². The van der Waals surface area contributed by atoms with Gasteiger partial charge in [-0.25, -0.2) is 4.98 Å². The highest BCUT2D eigenvalue weighted by Crippen LogP contribution is 2.24. The van der Waals surface area contributed by atoms with Crippen molar-refractivity contribution in [3.63, 3.8) is 0 Å². The number of carbonyl (C=O) groups excluding carboxylic acids is 2. The summed E-state index contributed by atoms with van der Waals surface area (Å²) in [6.07, 6.45) is 3.20. The molecular weight excluding hydrogens is 342 g/mol. The maximum Gasteiger partial charge on any atom is 0.221 e. The first kappa shape index (κ1) is 19.4. The topological polar surface area (TPSA) is 79.3 Å². The second-order valence-electron chi connectivity index (χ2n) is 7.37. The number of likely N-dealkylation sites (N-methyl/N-ethyl adjacent to an activating group) is 1. The van der Waals surface area contributed by atoms with E-state index in [4.69, 9.17) is 0 Å².